The van der Waals surface area contributed by atoms with Crippen LogP contribution < -0.4 is 4.72 Å². The lowest BCUT2D eigenvalue weighted by Gasteiger charge is -2.16. The second-order valence-electron chi connectivity index (χ2n) is 2.09. The quantitative estimate of drug-likeness (QED) is 0.466. The topological polar surface area (TPSA) is 24.5 Å². The molecule has 68 valence electrons. The molecule has 0 bridgehead atoms. The standard InChI is InChI=1S/C7H18N2OS/c1-4-9(5-2)11-8-6-7-10-3/h8H,4-7H2,1-3H3. The fourth-order valence-corrected chi connectivity index (χ4v) is 1.25. The normalized spacial score (nSPS) is 10.9. The van der Waals surface area contributed by atoms with Crippen molar-refractivity contribution in [1.29, 1.82) is 0 Å². The maximum absolute atomic E-state index is 4.90. The summed E-state index contributed by atoms with van der Waals surface area (Å²) in [4.78, 5) is 0. The minimum absolute atomic E-state index is 0.772. The molecule has 0 aromatic carbocycles. The lowest BCUT2D eigenvalue weighted by Crippen LogP contribution is -2.22. The molecule has 0 heterocycles. The molecule has 0 saturated heterocycles. The predicted octanol–water partition coefficient (Wildman–Crippen LogP) is 1.13. The van der Waals surface area contributed by atoms with Crippen molar-refractivity contribution in [3.8, 4) is 0 Å². The summed E-state index contributed by atoms with van der Waals surface area (Å²) in [7, 11) is 1.71. The highest BCUT2D eigenvalue weighted by Gasteiger charge is 1.96. The van der Waals surface area contributed by atoms with Gasteiger partial charge < -0.3 is 4.74 Å². The Hall–Kier alpha value is 0.230. The summed E-state index contributed by atoms with van der Waals surface area (Å²) >= 11 is 1.66. The Labute approximate surface area is 73.7 Å². The average molecular weight is 178 g/mol. The van der Waals surface area contributed by atoms with Gasteiger partial charge in [0.25, 0.3) is 0 Å². The summed E-state index contributed by atoms with van der Waals surface area (Å²) in [5.41, 5.74) is 0. The predicted molar refractivity (Wildman–Crippen MR) is 50.4 cm³/mol. The van der Waals surface area contributed by atoms with Crippen LogP contribution in [-0.2, 0) is 4.74 Å². The molecule has 1 N–H and O–H groups in total. The van der Waals surface area contributed by atoms with Gasteiger partial charge in [-0.1, -0.05) is 13.8 Å². The smallest absolute Gasteiger partial charge is 0.0596 e. The Morgan fingerprint density at radius 3 is 2.45 bits per heavy atom. The van der Waals surface area contributed by atoms with Gasteiger partial charge in [-0.05, 0) is 0 Å². The fourth-order valence-electron chi connectivity index (χ4n) is 0.633. The van der Waals surface area contributed by atoms with E-state index in [4.69, 9.17) is 4.74 Å². The zero-order valence-corrected chi connectivity index (χ0v) is 8.41. The molecule has 0 aliphatic carbocycles. The van der Waals surface area contributed by atoms with Crippen LogP contribution in [0.1, 0.15) is 13.8 Å². The molecule has 0 rings (SSSR count). The SMILES string of the molecule is CCN(CC)SNCCOC. The third-order valence-corrected chi connectivity index (χ3v) is 2.42. The van der Waals surface area contributed by atoms with Gasteiger partial charge in [0.1, 0.15) is 0 Å². The van der Waals surface area contributed by atoms with E-state index in [0.29, 0.717) is 0 Å². The first-order valence-corrected chi connectivity index (χ1v) is 4.76. The van der Waals surface area contributed by atoms with Crippen LogP contribution in [0.4, 0.5) is 0 Å². The van der Waals surface area contributed by atoms with Crippen molar-refractivity contribution in [3.05, 3.63) is 0 Å². The van der Waals surface area contributed by atoms with Crippen LogP contribution in [-0.4, -0.2) is 37.7 Å². The third kappa shape index (κ3) is 6.62. The van der Waals surface area contributed by atoms with Crippen LogP contribution >= 0.6 is 12.1 Å². The number of hydrogen-bond donors (Lipinski definition) is 1. The van der Waals surface area contributed by atoms with Gasteiger partial charge in [0, 0.05) is 38.9 Å². The molecular weight excluding hydrogens is 160 g/mol. The van der Waals surface area contributed by atoms with E-state index in [2.05, 4.69) is 22.9 Å². The Kier molecular flexibility index (Phi) is 8.50. The van der Waals surface area contributed by atoms with Gasteiger partial charge in [-0.3, -0.25) is 0 Å². The molecule has 0 fully saturated rings. The molecule has 0 saturated carbocycles. The first kappa shape index (κ1) is 11.2. The summed E-state index contributed by atoms with van der Waals surface area (Å²) in [6.45, 7) is 8.11. The van der Waals surface area contributed by atoms with Crippen LogP contribution in [0.3, 0.4) is 0 Å². The molecule has 0 amide bonds. The van der Waals surface area contributed by atoms with Crippen LogP contribution in [0.5, 0.6) is 0 Å². The van der Waals surface area contributed by atoms with Crippen molar-refractivity contribution in [2.45, 2.75) is 13.8 Å². The second-order valence-corrected chi connectivity index (χ2v) is 3.08. The van der Waals surface area contributed by atoms with Crippen molar-refractivity contribution in [2.75, 3.05) is 33.4 Å². The van der Waals surface area contributed by atoms with E-state index in [9.17, 15) is 0 Å². The Bertz CT molecular complexity index is 78.8. The zero-order valence-electron chi connectivity index (χ0n) is 7.59. The van der Waals surface area contributed by atoms with Gasteiger partial charge in [0.05, 0.1) is 6.61 Å². The fraction of sp³-hybridized carbons (Fsp3) is 1.00. The Morgan fingerprint density at radius 1 is 1.36 bits per heavy atom. The van der Waals surface area contributed by atoms with Crippen LogP contribution in [0, 0.1) is 0 Å². The van der Waals surface area contributed by atoms with Crippen molar-refractivity contribution in [3.63, 3.8) is 0 Å². The third-order valence-electron chi connectivity index (χ3n) is 1.31. The summed E-state index contributed by atoms with van der Waals surface area (Å²) in [6.07, 6.45) is 0. The Balaban J connectivity index is 3.07. The van der Waals surface area contributed by atoms with Crippen molar-refractivity contribution >= 4 is 12.1 Å². The summed E-state index contributed by atoms with van der Waals surface area (Å²) in [5.74, 6) is 0. The highest BCUT2D eigenvalue weighted by molar-refractivity contribution is 7.95. The van der Waals surface area contributed by atoms with Crippen molar-refractivity contribution in [2.24, 2.45) is 0 Å². The molecular formula is C7H18N2OS. The molecule has 0 aromatic heterocycles. The molecule has 0 radical (unpaired) electrons. The number of nitrogens with one attached hydrogen (secondary N) is 1. The van der Waals surface area contributed by atoms with Crippen LogP contribution in [0.2, 0.25) is 0 Å². The molecule has 0 aliphatic heterocycles. The molecule has 3 nitrogen and oxygen atoms in total. The monoisotopic (exact) mass is 178 g/mol. The minimum atomic E-state index is 0.772. The summed E-state index contributed by atoms with van der Waals surface area (Å²) < 4.78 is 10.3. The van der Waals surface area contributed by atoms with Gasteiger partial charge in [-0.2, -0.15) is 0 Å². The number of methoxy groups -OCH3 is 1. The maximum atomic E-state index is 4.90. The lowest BCUT2D eigenvalue weighted by molar-refractivity contribution is 0.205. The van der Waals surface area contributed by atoms with E-state index in [-0.39, 0.29) is 0 Å². The highest BCUT2D eigenvalue weighted by atomic mass is 32.2. The highest BCUT2D eigenvalue weighted by Crippen LogP contribution is 2.01. The van der Waals surface area contributed by atoms with E-state index in [1.54, 1.807) is 19.2 Å². The van der Waals surface area contributed by atoms with E-state index in [0.717, 1.165) is 26.2 Å². The molecule has 0 unspecified atom stereocenters. The van der Waals surface area contributed by atoms with E-state index >= 15 is 0 Å². The molecule has 0 spiro atoms. The van der Waals surface area contributed by atoms with Crippen LogP contribution in [0.25, 0.3) is 0 Å². The van der Waals surface area contributed by atoms with Crippen LogP contribution in [0.15, 0.2) is 0 Å². The number of hydrogen-bond acceptors (Lipinski definition) is 4. The summed E-state index contributed by atoms with van der Waals surface area (Å²) in [5, 5.41) is 0. The number of nitrogens with zero attached hydrogens (tertiary/aromatic N) is 1. The number of rotatable bonds is 7. The minimum Gasteiger partial charge on any atom is -0.383 e. The Morgan fingerprint density at radius 2 is 2.00 bits per heavy atom. The average Bonchev–Trinajstić information content (AvgIpc) is 2.05. The maximum Gasteiger partial charge on any atom is 0.0596 e. The van der Waals surface area contributed by atoms with Gasteiger partial charge >= 0.3 is 0 Å². The second kappa shape index (κ2) is 8.33. The zero-order chi connectivity index (χ0) is 8.53. The van der Waals surface area contributed by atoms with Gasteiger partial charge in [0.15, 0.2) is 0 Å². The van der Waals surface area contributed by atoms with Gasteiger partial charge in [0.2, 0.25) is 0 Å². The molecule has 0 atom stereocenters. The van der Waals surface area contributed by atoms with Crippen molar-refractivity contribution in [1.82, 2.24) is 9.03 Å². The van der Waals surface area contributed by atoms with E-state index in [1.807, 2.05) is 0 Å². The molecule has 4 heteroatoms. The molecule has 0 aromatic rings. The van der Waals surface area contributed by atoms with E-state index in [1.165, 1.54) is 0 Å². The molecule has 11 heavy (non-hydrogen) atoms. The first-order chi connectivity index (χ1) is 5.35. The van der Waals surface area contributed by atoms with Gasteiger partial charge in [-0.25, -0.2) is 9.03 Å². The van der Waals surface area contributed by atoms with E-state index < -0.39 is 0 Å². The number of ether oxygens (including phenoxy) is 1. The van der Waals surface area contributed by atoms with Gasteiger partial charge in [-0.15, -0.1) is 0 Å². The molecule has 0 aliphatic rings. The first-order valence-electron chi connectivity index (χ1n) is 3.98. The largest absolute Gasteiger partial charge is 0.383 e. The van der Waals surface area contributed by atoms with Crippen molar-refractivity contribution < 1.29 is 4.74 Å². The summed E-state index contributed by atoms with van der Waals surface area (Å²) in [6, 6.07) is 0. The lowest BCUT2D eigenvalue weighted by atomic mass is 10.7.